The van der Waals surface area contributed by atoms with E-state index in [2.05, 4.69) is 0 Å². The molecule has 0 radical (unpaired) electrons. The Bertz CT molecular complexity index is 1460. The highest BCUT2D eigenvalue weighted by Gasteiger charge is 2.31. The van der Waals surface area contributed by atoms with Gasteiger partial charge in [-0.2, -0.15) is 0 Å². The minimum Gasteiger partial charge on any atom is -0.492 e. The van der Waals surface area contributed by atoms with Crippen molar-refractivity contribution >= 4 is 40.0 Å². The van der Waals surface area contributed by atoms with Gasteiger partial charge >= 0.3 is 0 Å². The van der Waals surface area contributed by atoms with Crippen molar-refractivity contribution in [2.75, 3.05) is 20.4 Å². The maximum Gasteiger partial charge on any atom is 0.256 e. The van der Waals surface area contributed by atoms with E-state index in [-0.39, 0.29) is 12.7 Å². The first kappa shape index (κ1) is 22.1. The normalized spacial score (nSPS) is 14.3. The molecule has 8 heteroatoms. The summed E-state index contributed by atoms with van der Waals surface area (Å²) in [7, 11) is 1.62. The maximum atomic E-state index is 13.8. The lowest BCUT2D eigenvalue weighted by Crippen LogP contribution is -2.36. The lowest BCUT2D eigenvalue weighted by molar-refractivity contribution is 0.0734. The highest BCUT2D eigenvalue weighted by Crippen LogP contribution is 2.46. The van der Waals surface area contributed by atoms with Crippen LogP contribution in [0.1, 0.15) is 27.0 Å². The van der Waals surface area contributed by atoms with Crippen molar-refractivity contribution in [2.24, 2.45) is 0 Å². The SMILES string of the molecule is COc1c2c(cc3c1OCO3)CCN(C(=O)c1cn(Cc3c(Cl)cccc3Cl)c3ccccc13)C2. The van der Waals surface area contributed by atoms with Crippen molar-refractivity contribution in [3.63, 3.8) is 0 Å². The van der Waals surface area contributed by atoms with Crippen LogP contribution in [0.2, 0.25) is 10.0 Å². The molecule has 4 aromatic rings. The van der Waals surface area contributed by atoms with Gasteiger partial charge in [-0.3, -0.25) is 4.79 Å². The van der Waals surface area contributed by atoms with E-state index in [9.17, 15) is 4.79 Å². The summed E-state index contributed by atoms with van der Waals surface area (Å²) >= 11 is 12.9. The molecular weight excluding hydrogens is 487 g/mol. The Kier molecular flexibility index (Phi) is 5.50. The molecular formula is C27H22Cl2N2O4. The Hall–Kier alpha value is -3.35. The van der Waals surface area contributed by atoms with E-state index in [1.165, 1.54) is 0 Å². The number of hydrogen-bond donors (Lipinski definition) is 0. The molecule has 0 saturated carbocycles. The number of carbonyl (C=O) groups is 1. The molecule has 1 aromatic heterocycles. The number of amides is 1. The fraction of sp³-hybridized carbons (Fsp3) is 0.222. The number of benzene rings is 3. The molecule has 3 aromatic carbocycles. The van der Waals surface area contributed by atoms with Gasteiger partial charge in [-0.15, -0.1) is 0 Å². The Morgan fingerprint density at radius 1 is 1.09 bits per heavy atom. The third-order valence-corrected chi connectivity index (χ3v) is 7.42. The summed E-state index contributed by atoms with van der Waals surface area (Å²) in [5.74, 6) is 1.91. The molecule has 178 valence electrons. The molecule has 2 aliphatic rings. The summed E-state index contributed by atoms with van der Waals surface area (Å²) in [6.45, 7) is 1.67. The number of methoxy groups -OCH3 is 1. The van der Waals surface area contributed by atoms with Crippen LogP contribution in [0, 0.1) is 0 Å². The zero-order valence-corrected chi connectivity index (χ0v) is 20.5. The molecule has 3 heterocycles. The minimum atomic E-state index is -0.0319. The monoisotopic (exact) mass is 508 g/mol. The van der Waals surface area contributed by atoms with Gasteiger partial charge in [0.15, 0.2) is 11.5 Å². The van der Waals surface area contributed by atoms with Crippen molar-refractivity contribution in [1.29, 1.82) is 0 Å². The van der Waals surface area contributed by atoms with Gasteiger partial charge in [0.25, 0.3) is 5.91 Å². The summed E-state index contributed by atoms with van der Waals surface area (Å²) in [5, 5.41) is 2.09. The number of fused-ring (bicyclic) bond motifs is 3. The van der Waals surface area contributed by atoms with Crippen LogP contribution in [0.3, 0.4) is 0 Å². The third kappa shape index (κ3) is 3.68. The first-order chi connectivity index (χ1) is 17.0. The standard InChI is InChI=1S/C27H22Cl2N2O4/c1-33-25-18-12-30(10-9-16(18)11-24-26(25)35-15-34-24)27(32)19-13-31(23-8-3-2-5-17(19)23)14-20-21(28)6-4-7-22(20)29/h2-8,11,13H,9-10,12,14-15H2,1H3. The van der Waals surface area contributed by atoms with Gasteiger partial charge in [0.1, 0.15) is 0 Å². The molecule has 0 unspecified atom stereocenters. The largest absolute Gasteiger partial charge is 0.492 e. The topological polar surface area (TPSA) is 52.9 Å². The van der Waals surface area contributed by atoms with Crippen molar-refractivity contribution in [1.82, 2.24) is 9.47 Å². The van der Waals surface area contributed by atoms with Crippen LogP contribution in [0.5, 0.6) is 17.2 Å². The van der Waals surface area contributed by atoms with E-state index in [1.807, 2.05) is 64.2 Å². The van der Waals surface area contributed by atoms with Gasteiger partial charge in [-0.05, 0) is 36.2 Å². The molecule has 0 saturated heterocycles. The second-order valence-corrected chi connectivity index (χ2v) is 9.46. The van der Waals surface area contributed by atoms with E-state index in [4.69, 9.17) is 37.4 Å². The number of para-hydroxylation sites is 1. The average Bonchev–Trinajstić information content (AvgIpc) is 3.49. The van der Waals surface area contributed by atoms with E-state index >= 15 is 0 Å². The average molecular weight is 509 g/mol. The lowest BCUT2D eigenvalue weighted by Gasteiger charge is -2.30. The number of halogens is 2. The number of hydrogen-bond acceptors (Lipinski definition) is 4. The van der Waals surface area contributed by atoms with Crippen LogP contribution in [0.4, 0.5) is 0 Å². The molecule has 0 atom stereocenters. The first-order valence-electron chi connectivity index (χ1n) is 11.3. The fourth-order valence-corrected chi connectivity index (χ4v) is 5.50. The van der Waals surface area contributed by atoms with Gasteiger partial charge in [0.05, 0.1) is 25.8 Å². The van der Waals surface area contributed by atoms with Crippen LogP contribution >= 0.6 is 23.2 Å². The predicted molar refractivity (Wildman–Crippen MR) is 135 cm³/mol. The molecule has 6 nitrogen and oxygen atoms in total. The van der Waals surface area contributed by atoms with Crippen molar-refractivity contribution in [2.45, 2.75) is 19.5 Å². The first-order valence-corrected chi connectivity index (χ1v) is 12.1. The number of rotatable bonds is 4. The lowest BCUT2D eigenvalue weighted by atomic mass is 9.97. The molecule has 0 N–H and O–H groups in total. The molecule has 35 heavy (non-hydrogen) atoms. The summed E-state index contributed by atoms with van der Waals surface area (Å²) < 4.78 is 18.9. The van der Waals surface area contributed by atoms with E-state index in [0.717, 1.165) is 27.6 Å². The molecule has 6 rings (SSSR count). The van der Waals surface area contributed by atoms with E-state index in [1.54, 1.807) is 7.11 Å². The number of nitrogens with zero attached hydrogens (tertiary/aromatic N) is 2. The highest BCUT2D eigenvalue weighted by atomic mass is 35.5. The smallest absolute Gasteiger partial charge is 0.256 e. The molecule has 0 spiro atoms. The van der Waals surface area contributed by atoms with Gasteiger partial charge < -0.3 is 23.7 Å². The third-order valence-electron chi connectivity index (χ3n) is 6.72. The molecule has 0 aliphatic carbocycles. The summed E-state index contributed by atoms with van der Waals surface area (Å²) in [6, 6.07) is 15.4. The zero-order chi connectivity index (χ0) is 24.1. The summed E-state index contributed by atoms with van der Waals surface area (Å²) in [5.41, 5.74) is 4.49. The van der Waals surface area contributed by atoms with Crippen LogP contribution in [0.15, 0.2) is 54.7 Å². The van der Waals surface area contributed by atoms with Crippen LogP contribution in [0.25, 0.3) is 10.9 Å². The van der Waals surface area contributed by atoms with Gasteiger partial charge in [-0.25, -0.2) is 0 Å². The summed E-state index contributed by atoms with van der Waals surface area (Å²) in [4.78, 5) is 15.7. The Morgan fingerprint density at radius 2 is 1.89 bits per heavy atom. The van der Waals surface area contributed by atoms with Crippen molar-refractivity contribution in [3.8, 4) is 17.2 Å². The van der Waals surface area contributed by atoms with Crippen molar-refractivity contribution in [3.05, 3.63) is 87.0 Å². The zero-order valence-electron chi connectivity index (χ0n) is 19.0. The quantitative estimate of drug-likeness (QED) is 0.342. The molecule has 2 aliphatic heterocycles. The number of ether oxygens (including phenoxy) is 3. The van der Waals surface area contributed by atoms with E-state index in [0.29, 0.717) is 58.9 Å². The highest BCUT2D eigenvalue weighted by molar-refractivity contribution is 6.36. The van der Waals surface area contributed by atoms with Crippen LogP contribution in [-0.4, -0.2) is 35.8 Å². The number of carbonyl (C=O) groups excluding carboxylic acids is 1. The second-order valence-electron chi connectivity index (χ2n) is 8.65. The maximum absolute atomic E-state index is 13.8. The van der Waals surface area contributed by atoms with Gasteiger partial charge in [0, 0.05) is 44.8 Å². The Balaban J connectivity index is 1.36. The minimum absolute atomic E-state index is 0.0319. The van der Waals surface area contributed by atoms with E-state index < -0.39 is 0 Å². The van der Waals surface area contributed by atoms with Gasteiger partial charge in [0.2, 0.25) is 12.5 Å². The van der Waals surface area contributed by atoms with Crippen LogP contribution in [-0.2, 0) is 19.5 Å². The summed E-state index contributed by atoms with van der Waals surface area (Å²) in [6.07, 6.45) is 2.61. The van der Waals surface area contributed by atoms with Crippen LogP contribution < -0.4 is 14.2 Å². The Labute approximate surface area is 212 Å². The Morgan fingerprint density at radius 3 is 2.69 bits per heavy atom. The second kappa shape index (κ2) is 8.70. The fourth-order valence-electron chi connectivity index (χ4n) is 4.98. The molecule has 0 bridgehead atoms. The molecule has 1 amide bonds. The van der Waals surface area contributed by atoms with Gasteiger partial charge in [-0.1, -0.05) is 47.5 Å². The van der Waals surface area contributed by atoms with Crippen molar-refractivity contribution < 1.29 is 19.0 Å². The molecule has 0 fully saturated rings. The predicted octanol–water partition coefficient (Wildman–Crippen LogP) is 5.93. The number of aromatic nitrogens is 1.